The number of esters is 1. The number of benzene rings is 1. The summed E-state index contributed by atoms with van der Waals surface area (Å²) in [6.07, 6.45) is 0.955. The molecule has 1 aromatic carbocycles. The molecule has 0 fully saturated rings. The van der Waals surface area contributed by atoms with Gasteiger partial charge in [-0.05, 0) is 43.7 Å². The first kappa shape index (κ1) is 28.8. The van der Waals surface area contributed by atoms with Crippen LogP contribution in [0.15, 0.2) is 30.5 Å². The maximum atomic E-state index is 14.3. The summed E-state index contributed by atoms with van der Waals surface area (Å²) in [6.45, 7) is 8.88. The van der Waals surface area contributed by atoms with E-state index in [-0.39, 0.29) is 29.0 Å². The van der Waals surface area contributed by atoms with Crippen molar-refractivity contribution in [2.45, 2.75) is 65.7 Å². The van der Waals surface area contributed by atoms with E-state index in [1.54, 1.807) is 20.8 Å². The summed E-state index contributed by atoms with van der Waals surface area (Å²) in [4.78, 5) is 29.8. The number of aromatic nitrogens is 1. The Morgan fingerprint density at radius 1 is 1.08 bits per heavy atom. The molecule has 3 atom stereocenters. The largest absolute Gasteiger partial charge is 0.503 e. The molecule has 36 heavy (non-hydrogen) atoms. The van der Waals surface area contributed by atoms with Gasteiger partial charge in [0.05, 0.1) is 7.11 Å². The zero-order chi connectivity index (χ0) is 27.0. The average Bonchev–Trinajstić information content (AvgIpc) is 2.84. The lowest BCUT2D eigenvalue weighted by Gasteiger charge is -2.32. The van der Waals surface area contributed by atoms with E-state index in [0.29, 0.717) is 12.8 Å². The number of ether oxygens (including phenoxy) is 3. The van der Waals surface area contributed by atoms with Crippen molar-refractivity contribution in [1.29, 1.82) is 0 Å². The minimum absolute atomic E-state index is 0.0576. The molecule has 0 aliphatic carbocycles. The van der Waals surface area contributed by atoms with Crippen molar-refractivity contribution in [1.82, 2.24) is 10.3 Å². The fraction of sp³-hybridized carbons (Fsp3) is 0.500. The summed E-state index contributed by atoms with van der Waals surface area (Å²) in [5, 5.41) is 12.8. The number of methoxy groups -OCH3 is 1. The number of hydrogen-bond acceptors (Lipinski definition) is 7. The normalized spacial score (nSPS) is 13.7. The van der Waals surface area contributed by atoms with Gasteiger partial charge in [0, 0.05) is 18.3 Å². The summed E-state index contributed by atoms with van der Waals surface area (Å²) in [6, 6.07) is 3.21. The highest BCUT2D eigenvalue weighted by atomic mass is 19.1. The van der Waals surface area contributed by atoms with Gasteiger partial charge in [-0.1, -0.05) is 27.7 Å². The number of aromatic hydroxyl groups is 1. The predicted octanol–water partition coefficient (Wildman–Crippen LogP) is 4.64. The standard InChI is InChI=1S/C26H34F2N2O6/c1-7-16(8-2)24(36-20-13-17(27)9-10-18(20)28)15(5)35-26(33)21(14(3)4)30-25(32)22-23(31)19(34-6)11-12-29-22/h9-16,21,24,31H,7-8H2,1-6H3,(H,30,32)/t15-,21-,24-/m0/s1. The number of nitrogens with zero attached hydrogens (tertiary/aromatic N) is 1. The van der Waals surface area contributed by atoms with Crippen molar-refractivity contribution in [2.75, 3.05) is 7.11 Å². The van der Waals surface area contributed by atoms with Gasteiger partial charge in [-0.3, -0.25) is 4.79 Å². The molecule has 2 aromatic rings. The van der Waals surface area contributed by atoms with Crippen LogP contribution in [-0.4, -0.2) is 47.3 Å². The lowest BCUT2D eigenvalue weighted by atomic mass is 9.93. The third-order valence-electron chi connectivity index (χ3n) is 5.96. The molecule has 0 aliphatic rings. The van der Waals surface area contributed by atoms with Crippen LogP contribution >= 0.6 is 0 Å². The number of hydrogen-bond donors (Lipinski definition) is 2. The molecule has 0 spiro atoms. The molecule has 10 heteroatoms. The van der Waals surface area contributed by atoms with E-state index in [1.165, 1.54) is 19.4 Å². The van der Waals surface area contributed by atoms with Gasteiger partial charge >= 0.3 is 5.97 Å². The first-order valence-electron chi connectivity index (χ1n) is 11.9. The highest BCUT2D eigenvalue weighted by Gasteiger charge is 2.34. The molecule has 2 rings (SSSR count). The van der Waals surface area contributed by atoms with Crippen molar-refractivity contribution >= 4 is 11.9 Å². The molecule has 198 valence electrons. The molecular weight excluding hydrogens is 474 g/mol. The Labute approximate surface area is 210 Å². The summed E-state index contributed by atoms with van der Waals surface area (Å²) >= 11 is 0. The molecule has 0 saturated heterocycles. The van der Waals surface area contributed by atoms with Gasteiger partial charge in [0.25, 0.3) is 5.91 Å². The monoisotopic (exact) mass is 508 g/mol. The molecule has 1 aromatic heterocycles. The first-order valence-corrected chi connectivity index (χ1v) is 11.9. The zero-order valence-corrected chi connectivity index (χ0v) is 21.4. The molecule has 0 saturated carbocycles. The third kappa shape index (κ3) is 7.05. The molecule has 0 aliphatic heterocycles. The quantitative estimate of drug-likeness (QED) is 0.402. The Morgan fingerprint density at radius 2 is 1.75 bits per heavy atom. The SMILES string of the molecule is CCC(CC)[C@@H](Oc1cc(F)ccc1F)[C@H](C)OC(=O)[C@@H](NC(=O)c1nccc(OC)c1O)C(C)C. The third-order valence-corrected chi connectivity index (χ3v) is 5.96. The van der Waals surface area contributed by atoms with Gasteiger partial charge in [-0.2, -0.15) is 0 Å². The van der Waals surface area contributed by atoms with Crippen LogP contribution in [0.3, 0.4) is 0 Å². The fourth-order valence-corrected chi connectivity index (χ4v) is 3.84. The van der Waals surface area contributed by atoms with E-state index in [1.807, 2.05) is 13.8 Å². The fourth-order valence-electron chi connectivity index (χ4n) is 3.84. The number of carbonyl (C=O) groups is 2. The second kappa shape index (κ2) is 13.0. The summed E-state index contributed by atoms with van der Waals surface area (Å²) in [5.74, 6) is -4.10. The molecule has 1 heterocycles. The summed E-state index contributed by atoms with van der Waals surface area (Å²) in [7, 11) is 1.33. The molecule has 0 unspecified atom stereocenters. The van der Waals surface area contributed by atoms with Crippen molar-refractivity contribution in [3.63, 3.8) is 0 Å². The number of nitrogens with one attached hydrogen (secondary N) is 1. The van der Waals surface area contributed by atoms with Gasteiger partial charge in [0.1, 0.15) is 24.1 Å². The van der Waals surface area contributed by atoms with E-state index < -0.39 is 47.5 Å². The zero-order valence-electron chi connectivity index (χ0n) is 21.4. The second-order valence-electron chi connectivity index (χ2n) is 8.78. The van der Waals surface area contributed by atoms with Crippen LogP contribution < -0.4 is 14.8 Å². The van der Waals surface area contributed by atoms with E-state index >= 15 is 0 Å². The van der Waals surface area contributed by atoms with Crippen molar-refractivity contribution < 1.29 is 37.7 Å². The van der Waals surface area contributed by atoms with E-state index in [9.17, 15) is 23.5 Å². The highest BCUT2D eigenvalue weighted by molar-refractivity contribution is 5.98. The highest BCUT2D eigenvalue weighted by Crippen LogP contribution is 2.29. The van der Waals surface area contributed by atoms with Crippen LogP contribution in [0, 0.1) is 23.5 Å². The first-order chi connectivity index (χ1) is 17.0. The second-order valence-corrected chi connectivity index (χ2v) is 8.78. The number of carbonyl (C=O) groups excluding carboxylic acids is 2. The topological polar surface area (TPSA) is 107 Å². The maximum absolute atomic E-state index is 14.3. The summed E-state index contributed by atoms with van der Waals surface area (Å²) < 4.78 is 44.5. The van der Waals surface area contributed by atoms with Crippen LogP contribution in [0.5, 0.6) is 17.2 Å². The molecule has 0 bridgehead atoms. The number of amides is 1. The summed E-state index contributed by atoms with van der Waals surface area (Å²) in [5.41, 5.74) is -0.305. The lowest BCUT2D eigenvalue weighted by Crippen LogP contribution is -2.48. The van der Waals surface area contributed by atoms with Crippen LogP contribution in [-0.2, 0) is 9.53 Å². The van der Waals surface area contributed by atoms with E-state index in [2.05, 4.69) is 10.3 Å². The molecule has 0 radical (unpaired) electrons. The van der Waals surface area contributed by atoms with Crippen molar-refractivity contribution in [3.8, 4) is 17.2 Å². The lowest BCUT2D eigenvalue weighted by molar-refractivity contribution is -0.158. The Morgan fingerprint density at radius 3 is 2.33 bits per heavy atom. The Hall–Kier alpha value is -3.43. The minimum Gasteiger partial charge on any atom is -0.503 e. The predicted molar refractivity (Wildman–Crippen MR) is 129 cm³/mol. The van der Waals surface area contributed by atoms with Gasteiger partial charge in [-0.25, -0.2) is 18.6 Å². The Bertz CT molecular complexity index is 1050. The molecule has 8 nitrogen and oxygen atoms in total. The maximum Gasteiger partial charge on any atom is 0.329 e. The van der Waals surface area contributed by atoms with Gasteiger partial charge < -0.3 is 24.6 Å². The van der Waals surface area contributed by atoms with Gasteiger partial charge in [-0.15, -0.1) is 0 Å². The van der Waals surface area contributed by atoms with Crippen LogP contribution in [0.2, 0.25) is 0 Å². The van der Waals surface area contributed by atoms with E-state index in [4.69, 9.17) is 14.2 Å². The number of halogens is 2. The van der Waals surface area contributed by atoms with Crippen LogP contribution in [0.25, 0.3) is 0 Å². The van der Waals surface area contributed by atoms with Gasteiger partial charge in [0.2, 0.25) is 0 Å². The smallest absolute Gasteiger partial charge is 0.329 e. The molecule has 2 N–H and O–H groups in total. The Kier molecular flexibility index (Phi) is 10.4. The number of pyridine rings is 1. The Balaban J connectivity index is 2.23. The molecule has 1 amide bonds. The molecular formula is C26H34F2N2O6. The van der Waals surface area contributed by atoms with Crippen LogP contribution in [0.4, 0.5) is 8.78 Å². The van der Waals surface area contributed by atoms with Crippen molar-refractivity contribution in [3.05, 3.63) is 47.8 Å². The van der Waals surface area contributed by atoms with Crippen molar-refractivity contribution in [2.24, 2.45) is 11.8 Å². The minimum atomic E-state index is -1.08. The van der Waals surface area contributed by atoms with Gasteiger partial charge in [0.15, 0.2) is 28.8 Å². The average molecular weight is 509 g/mol. The van der Waals surface area contributed by atoms with Crippen LogP contribution in [0.1, 0.15) is 57.9 Å². The number of rotatable bonds is 12. The van der Waals surface area contributed by atoms with E-state index in [0.717, 1.165) is 18.2 Å².